The zero-order chi connectivity index (χ0) is 16.9. The summed E-state index contributed by atoms with van der Waals surface area (Å²) in [6.45, 7) is 10.1. The van der Waals surface area contributed by atoms with E-state index in [4.69, 9.17) is 12.2 Å². The van der Waals surface area contributed by atoms with Gasteiger partial charge in [0, 0.05) is 4.88 Å². The van der Waals surface area contributed by atoms with Crippen LogP contribution in [0.2, 0.25) is 0 Å². The minimum atomic E-state index is -0.258. The summed E-state index contributed by atoms with van der Waals surface area (Å²) >= 11 is 6.59. The van der Waals surface area contributed by atoms with Gasteiger partial charge in [-0.3, -0.25) is 0 Å². The summed E-state index contributed by atoms with van der Waals surface area (Å²) in [6, 6.07) is 1.76. The highest BCUT2D eigenvalue weighted by molar-refractivity contribution is 7.80. The van der Waals surface area contributed by atoms with Crippen LogP contribution < -0.4 is 10.7 Å². The molecule has 3 rings (SSSR count). The van der Waals surface area contributed by atoms with Crippen LogP contribution in [-0.4, -0.2) is 10.1 Å². The molecule has 23 heavy (non-hydrogen) atoms. The first kappa shape index (κ1) is 16.3. The van der Waals surface area contributed by atoms with Crippen molar-refractivity contribution in [2.45, 2.75) is 46.5 Å². The molecule has 6 heteroatoms. The van der Waals surface area contributed by atoms with E-state index >= 15 is 4.39 Å². The van der Waals surface area contributed by atoms with Crippen molar-refractivity contribution in [3.05, 3.63) is 38.7 Å². The van der Waals surface area contributed by atoms with Gasteiger partial charge < -0.3 is 0 Å². The Kier molecular flexibility index (Phi) is 4.14. The van der Waals surface area contributed by atoms with E-state index in [-0.39, 0.29) is 16.8 Å². The fourth-order valence-electron chi connectivity index (χ4n) is 2.74. The van der Waals surface area contributed by atoms with Crippen molar-refractivity contribution in [3.63, 3.8) is 0 Å². The lowest BCUT2D eigenvalue weighted by Gasteiger charge is -2.09. The molecule has 0 N–H and O–H groups in total. The molecular weight excluding hydrogens is 329 g/mol. The average Bonchev–Trinajstić information content (AvgIpc) is 3.00. The maximum Gasteiger partial charge on any atom is 0.220 e. The smallest absolute Gasteiger partial charge is 0.220 e. The maximum absolute atomic E-state index is 15.2. The number of fused-ring (bicyclic) bond motifs is 1. The molecule has 0 spiro atoms. The van der Waals surface area contributed by atoms with Crippen LogP contribution in [0.15, 0.2) is 16.1 Å². The first-order valence-electron chi connectivity index (χ1n) is 7.61. The molecule has 0 unspecified atom stereocenters. The summed E-state index contributed by atoms with van der Waals surface area (Å²) in [6.07, 6.45) is 0. The highest BCUT2D eigenvalue weighted by Crippen LogP contribution is 2.32. The number of nitrogens with zero attached hydrogens (tertiary/aromatic N) is 3. The molecule has 1 aromatic carbocycles. The number of halogens is 1. The normalized spacial score (nSPS) is 13.5. The third-order valence-corrected chi connectivity index (χ3v) is 5.07. The number of aromatic nitrogens is 1. The lowest BCUT2D eigenvalue weighted by molar-refractivity contribution is 0.599. The molecule has 2 aromatic rings. The third kappa shape index (κ3) is 2.74. The second-order valence-electron chi connectivity index (χ2n) is 6.30. The monoisotopic (exact) mass is 347 g/mol. The molecule has 0 atom stereocenters. The Morgan fingerprint density at radius 3 is 2.39 bits per heavy atom. The highest BCUT2D eigenvalue weighted by Gasteiger charge is 2.23. The highest BCUT2D eigenvalue weighted by atomic mass is 32.1. The zero-order valence-electron chi connectivity index (χ0n) is 13.8. The van der Waals surface area contributed by atoms with Gasteiger partial charge in [0.2, 0.25) is 5.11 Å². The molecule has 0 saturated carbocycles. The molecule has 0 fully saturated rings. The van der Waals surface area contributed by atoms with Crippen LogP contribution in [0.5, 0.6) is 0 Å². The minimum Gasteiger partial charge on any atom is -0.240 e. The van der Waals surface area contributed by atoms with Gasteiger partial charge >= 0.3 is 0 Å². The Balaban J connectivity index is 2.37. The number of hydrogen-bond acceptors (Lipinski definition) is 3. The SMILES string of the molecule is Cc1sc(-c2c(F)c(C(C)C)cc3c2=NC(=S)N=3)nc1C(C)C. The van der Waals surface area contributed by atoms with Gasteiger partial charge in [-0.1, -0.05) is 27.7 Å². The van der Waals surface area contributed by atoms with E-state index in [1.54, 1.807) is 6.07 Å². The topological polar surface area (TPSA) is 37.6 Å². The fourth-order valence-corrected chi connectivity index (χ4v) is 4.04. The van der Waals surface area contributed by atoms with E-state index in [0.29, 0.717) is 32.8 Å². The Morgan fingerprint density at radius 2 is 1.83 bits per heavy atom. The van der Waals surface area contributed by atoms with Gasteiger partial charge in [0.1, 0.15) is 16.2 Å². The van der Waals surface area contributed by atoms with Gasteiger partial charge in [0.05, 0.1) is 16.6 Å². The van der Waals surface area contributed by atoms with Crippen molar-refractivity contribution in [3.8, 4) is 10.6 Å². The van der Waals surface area contributed by atoms with Crippen LogP contribution in [-0.2, 0) is 0 Å². The molecule has 0 saturated heterocycles. The van der Waals surface area contributed by atoms with E-state index < -0.39 is 0 Å². The van der Waals surface area contributed by atoms with Gasteiger partial charge in [-0.15, -0.1) is 11.3 Å². The van der Waals surface area contributed by atoms with Gasteiger partial charge in [0.25, 0.3) is 0 Å². The Morgan fingerprint density at radius 1 is 1.13 bits per heavy atom. The molecule has 0 radical (unpaired) electrons. The van der Waals surface area contributed by atoms with E-state index in [0.717, 1.165) is 10.6 Å². The van der Waals surface area contributed by atoms with E-state index in [9.17, 15) is 0 Å². The summed E-state index contributed by atoms with van der Waals surface area (Å²) in [5, 5.41) is 2.07. The second-order valence-corrected chi connectivity index (χ2v) is 7.87. The lowest BCUT2D eigenvalue weighted by atomic mass is 9.99. The van der Waals surface area contributed by atoms with Gasteiger partial charge in [-0.05, 0) is 42.6 Å². The quantitative estimate of drug-likeness (QED) is 0.786. The molecule has 0 amide bonds. The van der Waals surface area contributed by atoms with Crippen molar-refractivity contribution >= 4 is 28.7 Å². The fraction of sp³-hybridized carbons (Fsp3) is 0.412. The van der Waals surface area contributed by atoms with Crippen molar-refractivity contribution in [1.29, 1.82) is 0 Å². The summed E-state index contributed by atoms with van der Waals surface area (Å²) in [5.41, 5.74) is 2.07. The predicted octanol–water partition coefficient (Wildman–Crippen LogP) is 4.04. The van der Waals surface area contributed by atoms with Crippen molar-refractivity contribution in [1.82, 2.24) is 4.98 Å². The summed E-state index contributed by atoms with van der Waals surface area (Å²) in [5.74, 6) is 0.0904. The second kappa shape index (κ2) is 5.83. The van der Waals surface area contributed by atoms with Crippen LogP contribution in [0.4, 0.5) is 4.39 Å². The first-order chi connectivity index (χ1) is 10.8. The largest absolute Gasteiger partial charge is 0.240 e. The third-order valence-electron chi connectivity index (χ3n) is 3.88. The first-order valence-corrected chi connectivity index (χ1v) is 8.83. The molecule has 1 aromatic heterocycles. The van der Waals surface area contributed by atoms with E-state index in [1.807, 2.05) is 20.8 Å². The summed E-state index contributed by atoms with van der Waals surface area (Å²) in [4.78, 5) is 14.3. The van der Waals surface area contributed by atoms with Crippen LogP contribution in [0.25, 0.3) is 10.6 Å². The minimum absolute atomic E-state index is 0.0500. The van der Waals surface area contributed by atoms with Crippen LogP contribution >= 0.6 is 23.6 Å². The Bertz CT molecular complexity index is 926. The summed E-state index contributed by atoms with van der Waals surface area (Å²) < 4.78 is 15.2. The van der Waals surface area contributed by atoms with Gasteiger partial charge in [-0.2, -0.15) is 0 Å². The molecule has 1 aliphatic rings. The molecular formula is C17H18FN3S2. The molecule has 0 aliphatic carbocycles. The van der Waals surface area contributed by atoms with Crippen molar-refractivity contribution < 1.29 is 4.39 Å². The van der Waals surface area contributed by atoms with Crippen LogP contribution in [0.3, 0.4) is 0 Å². The van der Waals surface area contributed by atoms with Crippen LogP contribution in [0, 0.1) is 12.7 Å². The molecule has 3 nitrogen and oxygen atoms in total. The molecule has 1 aliphatic heterocycles. The lowest BCUT2D eigenvalue weighted by Crippen LogP contribution is -2.27. The molecule has 2 heterocycles. The number of hydrogen-bond donors (Lipinski definition) is 0. The zero-order valence-corrected chi connectivity index (χ0v) is 15.4. The van der Waals surface area contributed by atoms with Crippen molar-refractivity contribution in [2.75, 3.05) is 0 Å². The van der Waals surface area contributed by atoms with Crippen LogP contribution in [0.1, 0.15) is 55.7 Å². The number of aryl methyl sites for hydroxylation is 1. The average molecular weight is 347 g/mol. The standard InChI is InChI=1S/C17H18FN3S2/c1-7(2)10-6-11-15(21-17(22)19-11)12(13(10)18)16-20-14(8(3)4)9(5)23-16/h6-8H,1-5H3. The number of thiocarbonyl (C=S) groups is 1. The molecule has 0 bridgehead atoms. The Labute approximate surface area is 144 Å². The van der Waals surface area contributed by atoms with Crippen molar-refractivity contribution in [2.24, 2.45) is 9.98 Å². The predicted molar refractivity (Wildman–Crippen MR) is 95.3 cm³/mol. The molecule has 120 valence electrons. The van der Waals surface area contributed by atoms with E-state index in [2.05, 4.69) is 28.8 Å². The van der Waals surface area contributed by atoms with Gasteiger partial charge in [-0.25, -0.2) is 19.4 Å². The van der Waals surface area contributed by atoms with E-state index in [1.165, 1.54) is 11.3 Å². The Hall–Kier alpha value is -1.53. The number of benzene rings is 1. The number of thiazole rings is 1. The maximum atomic E-state index is 15.2. The summed E-state index contributed by atoms with van der Waals surface area (Å²) in [7, 11) is 0. The number of rotatable bonds is 3. The van der Waals surface area contributed by atoms with Gasteiger partial charge in [0.15, 0.2) is 0 Å².